The van der Waals surface area contributed by atoms with Gasteiger partial charge in [-0.3, -0.25) is 4.57 Å². The highest BCUT2D eigenvalue weighted by atomic mass is 19.1. The van der Waals surface area contributed by atoms with Crippen LogP contribution >= 0.6 is 0 Å². The Labute approximate surface area is 153 Å². The number of pyridine rings is 1. The largest absolute Gasteiger partial charge is 0.443 e. The molecule has 3 aromatic rings. The molecule has 3 heterocycles. The molecule has 0 saturated carbocycles. The van der Waals surface area contributed by atoms with E-state index >= 15 is 0 Å². The molecule has 4 rings (SSSR count). The Balaban J connectivity index is 1.37. The maximum absolute atomic E-state index is 13.2. The number of hydrogen-bond acceptors (Lipinski definition) is 6. The van der Waals surface area contributed by atoms with Crippen LogP contribution in [-0.2, 0) is 17.9 Å². The number of halogens is 1. The summed E-state index contributed by atoms with van der Waals surface area (Å²) < 4.78 is 26.1. The van der Waals surface area contributed by atoms with Crippen LogP contribution in [0.15, 0.2) is 48.7 Å². The third-order valence-electron chi connectivity index (χ3n) is 4.16. The lowest BCUT2D eigenvalue weighted by molar-refractivity contribution is -0.389. The van der Waals surface area contributed by atoms with Gasteiger partial charge in [0.2, 0.25) is 5.95 Å². The summed E-state index contributed by atoms with van der Waals surface area (Å²) in [7, 11) is 0. The molecule has 0 amide bonds. The normalized spacial score (nSPS) is 15.8. The van der Waals surface area contributed by atoms with E-state index in [2.05, 4.69) is 9.97 Å². The van der Waals surface area contributed by atoms with Crippen LogP contribution in [0.1, 0.15) is 5.56 Å². The molecule has 1 aliphatic rings. The first-order valence-corrected chi connectivity index (χ1v) is 8.26. The first-order valence-electron chi connectivity index (χ1n) is 8.26. The number of nitro groups is 1. The van der Waals surface area contributed by atoms with Gasteiger partial charge >= 0.3 is 11.8 Å². The average molecular weight is 370 g/mol. The number of benzene rings is 1. The molecule has 0 bridgehead atoms. The van der Waals surface area contributed by atoms with Gasteiger partial charge in [0, 0.05) is 10.5 Å². The summed E-state index contributed by atoms with van der Waals surface area (Å²) >= 11 is 0. The first-order chi connectivity index (χ1) is 13.1. The molecule has 0 aliphatic carbocycles. The highest BCUT2D eigenvalue weighted by Gasteiger charge is 2.28. The zero-order valence-corrected chi connectivity index (χ0v) is 14.1. The van der Waals surface area contributed by atoms with Crippen molar-refractivity contribution in [1.29, 1.82) is 0 Å². The lowest BCUT2D eigenvalue weighted by Gasteiger charge is -2.22. The van der Waals surface area contributed by atoms with E-state index in [1.165, 1.54) is 12.3 Å². The topological polar surface area (TPSA) is 92.3 Å². The van der Waals surface area contributed by atoms with Crippen LogP contribution in [0.2, 0.25) is 0 Å². The predicted octanol–water partition coefficient (Wildman–Crippen LogP) is 2.97. The van der Waals surface area contributed by atoms with Gasteiger partial charge < -0.3 is 19.6 Å². The smallest absolute Gasteiger partial charge is 0.414 e. The van der Waals surface area contributed by atoms with E-state index in [0.717, 1.165) is 11.1 Å². The summed E-state index contributed by atoms with van der Waals surface area (Å²) in [6.45, 7) is 1.07. The van der Waals surface area contributed by atoms with E-state index in [9.17, 15) is 14.5 Å². The second-order valence-electron chi connectivity index (χ2n) is 6.08. The van der Waals surface area contributed by atoms with Gasteiger partial charge in [-0.25, -0.2) is 4.98 Å². The number of hydrogen-bond donors (Lipinski definition) is 0. The Morgan fingerprint density at radius 3 is 2.81 bits per heavy atom. The monoisotopic (exact) mass is 370 g/mol. The molecule has 1 aliphatic heterocycles. The summed E-state index contributed by atoms with van der Waals surface area (Å²) in [6.07, 6.45) is 1.10. The van der Waals surface area contributed by atoms with E-state index in [1.54, 1.807) is 16.7 Å². The molecular weight excluding hydrogens is 355 g/mol. The highest BCUT2D eigenvalue weighted by Crippen LogP contribution is 2.23. The first kappa shape index (κ1) is 17.1. The Morgan fingerprint density at radius 2 is 2.07 bits per heavy atom. The van der Waals surface area contributed by atoms with Crippen molar-refractivity contribution in [3.05, 3.63) is 70.3 Å². The van der Waals surface area contributed by atoms with Crippen LogP contribution < -0.4 is 4.74 Å². The summed E-state index contributed by atoms with van der Waals surface area (Å²) in [5.74, 6) is -0.761. The van der Waals surface area contributed by atoms with Crippen LogP contribution in [-0.4, -0.2) is 32.2 Å². The molecule has 1 atom stereocenters. The third kappa shape index (κ3) is 3.77. The van der Waals surface area contributed by atoms with Crippen molar-refractivity contribution in [3.63, 3.8) is 0 Å². The average Bonchev–Trinajstić information content (AvgIpc) is 3.10. The molecule has 0 radical (unpaired) electrons. The fourth-order valence-electron chi connectivity index (χ4n) is 2.81. The fraction of sp³-hybridized carbons (Fsp3) is 0.222. The quantitative estimate of drug-likeness (QED) is 0.389. The molecule has 0 N–H and O–H groups in total. The van der Waals surface area contributed by atoms with Crippen molar-refractivity contribution in [3.8, 4) is 17.3 Å². The van der Waals surface area contributed by atoms with E-state index in [0.29, 0.717) is 18.8 Å². The van der Waals surface area contributed by atoms with Crippen molar-refractivity contribution in [2.45, 2.75) is 19.3 Å². The summed E-state index contributed by atoms with van der Waals surface area (Å²) in [5.41, 5.74) is 2.32. The molecule has 138 valence electrons. The van der Waals surface area contributed by atoms with Gasteiger partial charge in [0.15, 0.2) is 0 Å². The Morgan fingerprint density at radius 1 is 1.26 bits per heavy atom. The van der Waals surface area contributed by atoms with Crippen LogP contribution in [0.25, 0.3) is 11.3 Å². The lowest BCUT2D eigenvalue weighted by Crippen LogP contribution is -2.32. The van der Waals surface area contributed by atoms with Gasteiger partial charge in [-0.05, 0) is 22.6 Å². The second kappa shape index (κ2) is 7.12. The molecule has 0 fully saturated rings. The summed E-state index contributed by atoms with van der Waals surface area (Å²) in [4.78, 5) is 17.9. The van der Waals surface area contributed by atoms with Gasteiger partial charge in [0.1, 0.15) is 18.9 Å². The van der Waals surface area contributed by atoms with Crippen molar-refractivity contribution in [2.75, 3.05) is 6.61 Å². The zero-order valence-electron chi connectivity index (χ0n) is 14.1. The maximum atomic E-state index is 13.2. The predicted molar refractivity (Wildman–Crippen MR) is 92.6 cm³/mol. The fourth-order valence-corrected chi connectivity index (χ4v) is 2.81. The van der Waals surface area contributed by atoms with Gasteiger partial charge in [0.25, 0.3) is 0 Å². The molecule has 8 nitrogen and oxygen atoms in total. The molecule has 0 unspecified atom stereocenters. The van der Waals surface area contributed by atoms with E-state index in [4.69, 9.17) is 9.47 Å². The molecule has 27 heavy (non-hydrogen) atoms. The standard InChI is InChI=1S/C18H15FN4O4/c19-16-3-1-2-15(20-16)13-6-4-12(5-7-13)10-26-14-8-22-9-17(23(24)25)21-18(22)27-11-14/h1-7,9,14H,8,10-11H2/t14-/m0/s1. The van der Waals surface area contributed by atoms with Crippen molar-refractivity contribution < 1.29 is 18.8 Å². The third-order valence-corrected chi connectivity index (χ3v) is 4.16. The number of fused-ring (bicyclic) bond motifs is 1. The van der Waals surface area contributed by atoms with Crippen LogP contribution in [0.4, 0.5) is 10.2 Å². The minimum Gasteiger partial charge on any atom is -0.443 e. The van der Waals surface area contributed by atoms with Crippen LogP contribution in [0, 0.1) is 16.1 Å². The van der Waals surface area contributed by atoms with Crippen molar-refractivity contribution in [2.24, 2.45) is 0 Å². The lowest BCUT2D eigenvalue weighted by atomic mass is 10.1. The molecule has 0 spiro atoms. The van der Waals surface area contributed by atoms with Gasteiger partial charge in [-0.1, -0.05) is 30.3 Å². The van der Waals surface area contributed by atoms with Crippen molar-refractivity contribution in [1.82, 2.24) is 14.5 Å². The second-order valence-corrected chi connectivity index (χ2v) is 6.08. The van der Waals surface area contributed by atoms with E-state index in [1.807, 2.05) is 24.3 Å². The maximum Gasteiger partial charge on any atom is 0.414 e. The zero-order chi connectivity index (χ0) is 18.8. The van der Waals surface area contributed by atoms with Crippen molar-refractivity contribution >= 4 is 5.82 Å². The van der Waals surface area contributed by atoms with E-state index < -0.39 is 10.9 Å². The van der Waals surface area contributed by atoms with Crippen LogP contribution in [0.3, 0.4) is 0 Å². The number of imidazole rings is 1. The van der Waals surface area contributed by atoms with Crippen LogP contribution in [0.5, 0.6) is 6.01 Å². The van der Waals surface area contributed by atoms with Gasteiger partial charge in [0.05, 0.1) is 18.8 Å². The molecule has 1 aromatic carbocycles. The Hall–Kier alpha value is -3.33. The SMILES string of the molecule is O=[N+]([O-])c1cn2c(n1)OC[C@@H](OCc1ccc(-c3cccc(F)n3)cc1)C2. The summed E-state index contributed by atoms with van der Waals surface area (Å²) in [6, 6.07) is 12.4. The Bertz CT molecular complexity index is 974. The number of ether oxygens (including phenoxy) is 2. The summed E-state index contributed by atoms with van der Waals surface area (Å²) in [5, 5.41) is 10.8. The molecular formula is C18H15FN4O4. The minimum atomic E-state index is -0.556. The number of aromatic nitrogens is 3. The van der Waals surface area contributed by atoms with Gasteiger partial charge in [-0.15, -0.1) is 0 Å². The minimum absolute atomic E-state index is 0.230. The molecule has 0 saturated heterocycles. The van der Waals surface area contributed by atoms with E-state index in [-0.39, 0.29) is 24.5 Å². The highest BCUT2D eigenvalue weighted by molar-refractivity contribution is 5.59. The number of nitrogens with zero attached hydrogens (tertiary/aromatic N) is 4. The Kier molecular flexibility index (Phi) is 4.51. The van der Waals surface area contributed by atoms with Gasteiger partial charge in [-0.2, -0.15) is 4.39 Å². The molecule has 2 aromatic heterocycles. The molecule has 9 heteroatoms. The number of rotatable bonds is 5.